The number of methoxy groups -OCH3 is 3. The Morgan fingerprint density at radius 1 is 0.882 bits per heavy atom. The smallest absolute Gasteiger partial charge is 0.296 e. The van der Waals surface area contributed by atoms with E-state index in [4.69, 9.17) is 28.4 Å². The van der Waals surface area contributed by atoms with Gasteiger partial charge in [-0.3, -0.25) is 19.2 Å². The van der Waals surface area contributed by atoms with E-state index in [1.165, 1.54) is 12.0 Å². The third-order valence-electron chi connectivity index (χ3n) is 15.0. The van der Waals surface area contributed by atoms with E-state index in [2.05, 4.69) is 6.58 Å². The zero-order chi connectivity index (χ0) is 50.3. The van der Waals surface area contributed by atoms with Gasteiger partial charge in [0.25, 0.3) is 11.7 Å². The first-order valence-corrected chi connectivity index (χ1v) is 25.2. The van der Waals surface area contributed by atoms with Crippen LogP contribution in [0.2, 0.25) is 0 Å². The number of nitrogens with zero attached hydrogens (tertiary/aromatic N) is 1. The molecule has 0 radical (unpaired) electrons. The molecule has 2 saturated heterocycles. The van der Waals surface area contributed by atoms with Gasteiger partial charge < -0.3 is 48.6 Å². The second kappa shape index (κ2) is 27.3. The van der Waals surface area contributed by atoms with Crippen LogP contribution in [-0.2, 0) is 47.6 Å². The van der Waals surface area contributed by atoms with Gasteiger partial charge in [-0.25, -0.2) is 0 Å². The lowest BCUT2D eigenvalue weighted by molar-refractivity contribution is -0.265. The van der Waals surface area contributed by atoms with Gasteiger partial charge in [0, 0.05) is 58.5 Å². The van der Waals surface area contributed by atoms with Crippen molar-refractivity contribution in [2.75, 3.05) is 41.1 Å². The van der Waals surface area contributed by atoms with Gasteiger partial charge in [0.1, 0.15) is 29.9 Å². The standard InChI is InChI=1S/C54H85NO13/c1-33-17-13-12-14-18-34(2)46(63-9)31-42-22-20-39(7)54(62,68-42)52(60)53(61)55-24-16-15-19-43(55)40(8)67-47(36(4)29-41-21-23-45(66-26-25-56)48(30-41)64-10)32-44(57)35(3)28-38(6)50(59)51(65-11)49(58)37(5)27-33/h12-14,17-18,28,33,35-37,39,41-43,45-48,50-51,56,59,62H,8,15-16,19-27,29-32H2,1-7,9-11H3/b14-12+,17-13+,34-18-,38-28+. The molecule has 14 nitrogen and oxygen atoms in total. The van der Waals surface area contributed by atoms with Gasteiger partial charge in [0.05, 0.1) is 43.7 Å². The van der Waals surface area contributed by atoms with Crippen molar-refractivity contribution >= 4 is 23.3 Å². The molecule has 1 saturated carbocycles. The number of allylic oxidation sites excluding steroid dienone is 6. The molecule has 2 bridgehead atoms. The lowest BCUT2D eigenvalue weighted by atomic mass is 9.78. The highest BCUT2D eigenvalue weighted by Crippen LogP contribution is 2.39. The summed E-state index contributed by atoms with van der Waals surface area (Å²) in [6.07, 6.45) is 13.8. The monoisotopic (exact) mass is 956 g/mol. The molecule has 3 heterocycles. The minimum Gasteiger partial charge on any atom is -0.492 e. The molecule has 3 N–H and O–H groups in total. The summed E-state index contributed by atoms with van der Waals surface area (Å²) in [5, 5.41) is 32.9. The van der Waals surface area contributed by atoms with Crippen molar-refractivity contribution in [1.29, 1.82) is 0 Å². The van der Waals surface area contributed by atoms with Crippen LogP contribution in [0.15, 0.2) is 59.9 Å². The van der Waals surface area contributed by atoms with E-state index < -0.39 is 65.7 Å². The van der Waals surface area contributed by atoms with Crippen LogP contribution in [0.5, 0.6) is 0 Å². The third-order valence-corrected chi connectivity index (χ3v) is 15.0. The van der Waals surface area contributed by atoms with E-state index in [0.717, 1.165) is 31.3 Å². The van der Waals surface area contributed by atoms with Crippen LogP contribution in [0.25, 0.3) is 0 Å². The molecule has 14 heteroatoms. The molecule has 0 aromatic carbocycles. The van der Waals surface area contributed by atoms with E-state index in [1.807, 2.05) is 58.1 Å². The van der Waals surface area contributed by atoms with Gasteiger partial charge in [-0.2, -0.15) is 0 Å². The van der Waals surface area contributed by atoms with Crippen LogP contribution in [0.1, 0.15) is 126 Å². The predicted molar refractivity (Wildman–Crippen MR) is 260 cm³/mol. The Labute approximate surface area is 406 Å². The van der Waals surface area contributed by atoms with Crippen LogP contribution < -0.4 is 0 Å². The van der Waals surface area contributed by atoms with Crippen molar-refractivity contribution < 1.29 is 62.9 Å². The number of carbonyl (C=O) groups is 4. The molecule has 0 aromatic rings. The summed E-state index contributed by atoms with van der Waals surface area (Å²) in [5.74, 6) is -6.04. The molecular weight excluding hydrogens is 871 g/mol. The predicted octanol–water partition coefficient (Wildman–Crippen LogP) is 7.18. The van der Waals surface area contributed by atoms with E-state index >= 15 is 0 Å². The molecule has 1 amide bonds. The molecule has 15 unspecified atom stereocenters. The summed E-state index contributed by atoms with van der Waals surface area (Å²) in [6.45, 7) is 17.7. The molecule has 15 atom stereocenters. The van der Waals surface area contributed by atoms with Gasteiger partial charge >= 0.3 is 0 Å². The fourth-order valence-corrected chi connectivity index (χ4v) is 10.6. The number of Topliss-reactive ketones (excluding diaryl/α,β-unsaturated/α-hetero) is 3. The Bertz CT molecular complexity index is 1810. The second-order valence-corrected chi connectivity index (χ2v) is 20.3. The number of ketones is 3. The molecule has 3 aliphatic heterocycles. The van der Waals surface area contributed by atoms with Crippen LogP contribution >= 0.6 is 0 Å². The Hall–Kier alpha value is -3.34. The maximum atomic E-state index is 14.4. The quantitative estimate of drug-likeness (QED) is 0.156. The fourth-order valence-electron chi connectivity index (χ4n) is 10.6. The van der Waals surface area contributed by atoms with Crippen LogP contribution in [0, 0.1) is 35.5 Å². The minimum atomic E-state index is -2.35. The second-order valence-electron chi connectivity index (χ2n) is 20.3. The first-order valence-electron chi connectivity index (χ1n) is 25.2. The average molecular weight is 956 g/mol. The van der Waals surface area contributed by atoms with E-state index in [0.29, 0.717) is 50.5 Å². The molecule has 4 aliphatic rings. The first-order chi connectivity index (χ1) is 32.3. The Morgan fingerprint density at radius 2 is 1.62 bits per heavy atom. The zero-order valence-corrected chi connectivity index (χ0v) is 42.7. The zero-order valence-electron chi connectivity index (χ0n) is 42.7. The maximum absolute atomic E-state index is 14.4. The number of aliphatic hydroxyl groups excluding tert-OH is 2. The summed E-state index contributed by atoms with van der Waals surface area (Å²) in [5.41, 5.74) is 1.34. The van der Waals surface area contributed by atoms with Gasteiger partial charge in [-0.05, 0) is 107 Å². The summed E-state index contributed by atoms with van der Waals surface area (Å²) in [4.78, 5) is 58.2. The molecule has 3 fully saturated rings. The van der Waals surface area contributed by atoms with Crippen molar-refractivity contribution in [2.45, 2.75) is 180 Å². The summed E-state index contributed by atoms with van der Waals surface area (Å²) >= 11 is 0. The number of amides is 1. The summed E-state index contributed by atoms with van der Waals surface area (Å²) in [6, 6.07) is -0.700. The normalized spacial score (nSPS) is 39.2. The first kappa shape index (κ1) is 57.2. The largest absolute Gasteiger partial charge is 0.492 e. The number of ether oxygens (including phenoxy) is 6. The third kappa shape index (κ3) is 15.3. The Kier molecular flexibility index (Phi) is 23.0. The number of rotatable bonds is 9. The SMILES string of the molecule is C=C1OC(C(C)CC2CCC(OCCO)C(OC)C2)CC(=O)C(C)/C=C(\C)C(O)C(OC)C(=O)C(C)CC(C)/C=C/C=C/C=C(/C)C(OC)CC2CCC(C)C(O)(O2)C(=O)C(=O)N2CCCCC12. The summed E-state index contributed by atoms with van der Waals surface area (Å²) in [7, 11) is 4.66. The molecule has 384 valence electrons. The Morgan fingerprint density at radius 3 is 2.29 bits per heavy atom. The van der Waals surface area contributed by atoms with Crippen LogP contribution in [0.3, 0.4) is 0 Å². The Balaban J connectivity index is 1.70. The molecular formula is C54H85NO13. The van der Waals surface area contributed by atoms with E-state index in [-0.39, 0.29) is 79.6 Å². The van der Waals surface area contributed by atoms with Crippen molar-refractivity contribution in [3.05, 3.63) is 59.9 Å². The number of piperidine rings is 1. The van der Waals surface area contributed by atoms with Crippen LogP contribution in [-0.4, -0.2) is 139 Å². The molecule has 1 aliphatic carbocycles. The van der Waals surface area contributed by atoms with E-state index in [9.17, 15) is 34.5 Å². The van der Waals surface area contributed by atoms with Crippen molar-refractivity contribution in [3.63, 3.8) is 0 Å². The van der Waals surface area contributed by atoms with Gasteiger partial charge in [-0.15, -0.1) is 0 Å². The highest BCUT2D eigenvalue weighted by molar-refractivity contribution is 6.39. The van der Waals surface area contributed by atoms with E-state index in [1.54, 1.807) is 41.1 Å². The number of fused-ring (bicyclic) bond motifs is 3. The van der Waals surface area contributed by atoms with Gasteiger partial charge in [-0.1, -0.05) is 77.7 Å². The molecule has 68 heavy (non-hydrogen) atoms. The van der Waals surface area contributed by atoms with Gasteiger partial charge in [0.15, 0.2) is 5.78 Å². The number of aliphatic hydroxyl groups is 3. The molecule has 0 aromatic heterocycles. The number of carbonyl (C=O) groups excluding carboxylic acids is 4. The maximum Gasteiger partial charge on any atom is 0.296 e. The topological polar surface area (TPSA) is 188 Å². The van der Waals surface area contributed by atoms with Gasteiger partial charge in [0.2, 0.25) is 5.79 Å². The highest BCUT2D eigenvalue weighted by atomic mass is 16.6. The average Bonchev–Trinajstić information content (AvgIpc) is 3.32. The molecule has 0 spiro atoms. The minimum absolute atomic E-state index is 0.0165. The van der Waals surface area contributed by atoms with Crippen molar-refractivity contribution in [1.82, 2.24) is 4.90 Å². The van der Waals surface area contributed by atoms with Crippen molar-refractivity contribution in [2.24, 2.45) is 35.5 Å². The highest BCUT2D eigenvalue weighted by Gasteiger charge is 2.52. The number of hydrogen-bond donors (Lipinski definition) is 3. The molecule has 4 rings (SSSR count). The lowest BCUT2D eigenvalue weighted by Gasteiger charge is -2.43. The number of hydrogen-bond acceptors (Lipinski definition) is 13. The van der Waals surface area contributed by atoms with Crippen LogP contribution in [0.4, 0.5) is 0 Å². The fraction of sp³-hybridized carbons (Fsp3) is 0.741. The summed E-state index contributed by atoms with van der Waals surface area (Å²) < 4.78 is 36.2. The lowest BCUT2D eigenvalue weighted by Crippen LogP contribution is -2.60. The van der Waals surface area contributed by atoms with Crippen molar-refractivity contribution in [3.8, 4) is 0 Å².